The van der Waals surface area contributed by atoms with Gasteiger partial charge in [0.2, 0.25) is 0 Å². The van der Waals surface area contributed by atoms with Gasteiger partial charge in [0.25, 0.3) is 0 Å². The van der Waals surface area contributed by atoms with Gasteiger partial charge in [0.1, 0.15) is 11.6 Å². The molecule has 130 valence electrons. The van der Waals surface area contributed by atoms with Crippen LogP contribution in [0.4, 0.5) is 19.6 Å². The van der Waals surface area contributed by atoms with E-state index in [2.05, 4.69) is 29.4 Å². The summed E-state index contributed by atoms with van der Waals surface area (Å²) in [6, 6.07) is 12.0. The molecule has 0 bridgehead atoms. The Bertz CT molecular complexity index is 808. The average Bonchev–Trinajstić information content (AvgIpc) is 3.05. The van der Waals surface area contributed by atoms with Crippen molar-refractivity contribution in [2.45, 2.75) is 32.6 Å². The molecule has 1 aromatic heterocycles. The van der Waals surface area contributed by atoms with Gasteiger partial charge < -0.3 is 5.32 Å². The van der Waals surface area contributed by atoms with E-state index in [1.54, 1.807) is 5.38 Å². The van der Waals surface area contributed by atoms with Crippen LogP contribution in [0.5, 0.6) is 0 Å². The molecule has 0 aliphatic heterocycles. The van der Waals surface area contributed by atoms with Crippen molar-refractivity contribution in [2.75, 3.05) is 5.32 Å². The minimum Gasteiger partial charge on any atom is -0.332 e. The van der Waals surface area contributed by atoms with Crippen molar-refractivity contribution in [1.29, 1.82) is 0 Å². The van der Waals surface area contributed by atoms with Crippen LogP contribution in [0.25, 0.3) is 11.3 Å². The summed E-state index contributed by atoms with van der Waals surface area (Å²) in [5.74, 6) is -1.21. The van der Waals surface area contributed by atoms with Crippen LogP contribution < -0.4 is 5.32 Å². The molecule has 3 aromatic rings. The van der Waals surface area contributed by atoms with Crippen molar-refractivity contribution in [1.82, 2.24) is 4.98 Å². The number of thiazole rings is 1. The summed E-state index contributed by atoms with van der Waals surface area (Å²) in [4.78, 5) is 4.31. The maximum atomic E-state index is 13.8. The summed E-state index contributed by atoms with van der Waals surface area (Å²) in [7, 11) is 0. The van der Waals surface area contributed by atoms with E-state index in [0.717, 1.165) is 12.1 Å². The number of rotatable bonds is 7. The molecule has 2 aromatic carbocycles. The molecule has 3 rings (SSSR count). The molecule has 1 heterocycles. The van der Waals surface area contributed by atoms with E-state index in [9.17, 15) is 8.78 Å². The van der Waals surface area contributed by atoms with Crippen LogP contribution in [0.2, 0.25) is 0 Å². The normalized spacial score (nSPS) is 10.8. The van der Waals surface area contributed by atoms with E-state index in [4.69, 9.17) is 0 Å². The lowest BCUT2D eigenvalue weighted by molar-refractivity contribution is 0.589. The van der Waals surface area contributed by atoms with Crippen LogP contribution in [0.15, 0.2) is 47.8 Å². The molecule has 5 heteroatoms. The minimum absolute atomic E-state index is 0.0851. The van der Waals surface area contributed by atoms with Crippen LogP contribution in [0.1, 0.15) is 31.7 Å². The Morgan fingerprint density at radius 1 is 1.00 bits per heavy atom. The van der Waals surface area contributed by atoms with Gasteiger partial charge in [-0.3, -0.25) is 0 Å². The maximum Gasteiger partial charge on any atom is 0.187 e. The van der Waals surface area contributed by atoms with Crippen molar-refractivity contribution in [3.63, 3.8) is 0 Å². The zero-order valence-electron chi connectivity index (χ0n) is 14.1. The lowest BCUT2D eigenvalue weighted by atomic mass is 10.1. The fourth-order valence-electron chi connectivity index (χ4n) is 2.65. The van der Waals surface area contributed by atoms with Gasteiger partial charge in [0.05, 0.1) is 11.3 Å². The van der Waals surface area contributed by atoms with Gasteiger partial charge in [-0.2, -0.15) is 0 Å². The molecule has 0 aliphatic rings. The largest absolute Gasteiger partial charge is 0.332 e. The van der Waals surface area contributed by atoms with Crippen molar-refractivity contribution in [2.24, 2.45) is 0 Å². The van der Waals surface area contributed by atoms with E-state index >= 15 is 0 Å². The first-order chi connectivity index (χ1) is 12.2. The maximum absolute atomic E-state index is 13.8. The number of hydrogen-bond acceptors (Lipinski definition) is 3. The number of aryl methyl sites for hydroxylation is 1. The standard InChI is InChI=1S/C20H20F2N2S/c1-2-3-4-6-14-9-11-15(12-10-14)23-20-24-18(13-25-20)19-16(21)7-5-8-17(19)22/h5,7-13H,2-4,6H2,1H3,(H,23,24). The average molecular weight is 358 g/mol. The molecule has 1 N–H and O–H groups in total. The van der Waals surface area contributed by atoms with Gasteiger partial charge >= 0.3 is 0 Å². The molecule has 0 saturated carbocycles. The molecule has 0 radical (unpaired) electrons. The molecule has 2 nitrogen and oxygen atoms in total. The Labute approximate surface area is 150 Å². The van der Waals surface area contributed by atoms with Crippen molar-refractivity contribution < 1.29 is 8.78 Å². The van der Waals surface area contributed by atoms with Gasteiger partial charge in [-0.05, 0) is 42.7 Å². The molecule has 0 amide bonds. The highest BCUT2D eigenvalue weighted by molar-refractivity contribution is 7.14. The fraction of sp³-hybridized carbons (Fsp3) is 0.250. The molecule has 25 heavy (non-hydrogen) atoms. The van der Waals surface area contributed by atoms with Crippen LogP contribution >= 0.6 is 11.3 Å². The smallest absolute Gasteiger partial charge is 0.187 e. The first kappa shape index (κ1) is 17.5. The Morgan fingerprint density at radius 2 is 1.72 bits per heavy atom. The second-order valence-electron chi connectivity index (χ2n) is 5.91. The SMILES string of the molecule is CCCCCc1ccc(Nc2nc(-c3c(F)cccc3F)cs2)cc1. The van der Waals surface area contributed by atoms with Gasteiger partial charge in [0.15, 0.2) is 5.13 Å². The summed E-state index contributed by atoms with van der Waals surface area (Å²) < 4.78 is 27.7. The lowest BCUT2D eigenvalue weighted by Crippen LogP contribution is -1.93. The van der Waals surface area contributed by atoms with E-state index in [1.807, 2.05) is 12.1 Å². The number of nitrogens with one attached hydrogen (secondary N) is 1. The summed E-state index contributed by atoms with van der Waals surface area (Å²) in [6.07, 6.45) is 4.75. The summed E-state index contributed by atoms with van der Waals surface area (Å²) in [5.41, 5.74) is 2.44. The van der Waals surface area contributed by atoms with Gasteiger partial charge in [-0.15, -0.1) is 11.3 Å². The molecule has 0 atom stereocenters. The molecular formula is C20H20F2N2S. The molecule has 0 spiro atoms. The number of benzene rings is 2. The summed E-state index contributed by atoms with van der Waals surface area (Å²) >= 11 is 1.32. The number of unbranched alkanes of at least 4 members (excludes halogenated alkanes) is 2. The van der Waals surface area contributed by atoms with E-state index in [0.29, 0.717) is 10.8 Å². The van der Waals surface area contributed by atoms with Gasteiger partial charge in [-0.25, -0.2) is 13.8 Å². The second-order valence-corrected chi connectivity index (χ2v) is 6.77. The van der Waals surface area contributed by atoms with E-state index in [1.165, 1.54) is 54.4 Å². The van der Waals surface area contributed by atoms with Gasteiger partial charge in [-0.1, -0.05) is 38.0 Å². The monoisotopic (exact) mass is 358 g/mol. The highest BCUT2D eigenvalue weighted by atomic mass is 32.1. The first-order valence-electron chi connectivity index (χ1n) is 8.43. The van der Waals surface area contributed by atoms with Gasteiger partial charge in [0, 0.05) is 11.1 Å². The predicted octanol–water partition coefficient (Wildman–Crippen LogP) is 6.56. The highest BCUT2D eigenvalue weighted by Crippen LogP contribution is 2.30. The number of anilines is 2. The number of halogens is 2. The molecule has 0 saturated heterocycles. The number of nitrogens with zero attached hydrogens (tertiary/aromatic N) is 1. The van der Waals surface area contributed by atoms with Crippen LogP contribution in [0.3, 0.4) is 0 Å². The van der Waals surface area contributed by atoms with Crippen molar-refractivity contribution >= 4 is 22.2 Å². The zero-order valence-corrected chi connectivity index (χ0v) is 14.9. The number of hydrogen-bond donors (Lipinski definition) is 1. The highest BCUT2D eigenvalue weighted by Gasteiger charge is 2.14. The Kier molecular flexibility index (Phi) is 5.76. The van der Waals surface area contributed by atoms with Crippen LogP contribution in [0, 0.1) is 11.6 Å². The second kappa shape index (κ2) is 8.21. The minimum atomic E-state index is -0.603. The number of aromatic nitrogens is 1. The van der Waals surface area contributed by atoms with Crippen molar-refractivity contribution in [3.05, 3.63) is 65.0 Å². The summed E-state index contributed by atoms with van der Waals surface area (Å²) in [6.45, 7) is 2.20. The van der Waals surface area contributed by atoms with Crippen LogP contribution in [-0.2, 0) is 6.42 Å². The Morgan fingerprint density at radius 3 is 2.40 bits per heavy atom. The topological polar surface area (TPSA) is 24.9 Å². The lowest BCUT2D eigenvalue weighted by Gasteiger charge is -2.05. The third-order valence-electron chi connectivity index (χ3n) is 4.00. The first-order valence-corrected chi connectivity index (χ1v) is 9.31. The molecular weight excluding hydrogens is 338 g/mol. The molecule has 0 aliphatic carbocycles. The Hall–Kier alpha value is -2.27. The van der Waals surface area contributed by atoms with Crippen LogP contribution in [-0.4, -0.2) is 4.98 Å². The fourth-order valence-corrected chi connectivity index (χ4v) is 3.37. The third kappa shape index (κ3) is 4.42. The predicted molar refractivity (Wildman–Crippen MR) is 100 cm³/mol. The summed E-state index contributed by atoms with van der Waals surface area (Å²) in [5, 5.41) is 5.45. The van der Waals surface area contributed by atoms with E-state index in [-0.39, 0.29) is 5.56 Å². The third-order valence-corrected chi connectivity index (χ3v) is 4.76. The van der Waals surface area contributed by atoms with Crippen molar-refractivity contribution in [3.8, 4) is 11.3 Å². The molecule has 0 unspecified atom stereocenters. The quantitative estimate of drug-likeness (QED) is 0.483. The Balaban J connectivity index is 1.69. The molecule has 0 fully saturated rings. The zero-order chi connectivity index (χ0) is 17.6. The van der Waals surface area contributed by atoms with E-state index < -0.39 is 11.6 Å².